The van der Waals surface area contributed by atoms with Gasteiger partial charge in [0.05, 0.1) is 6.61 Å². The first-order valence-corrected chi connectivity index (χ1v) is 5.19. The second kappa shape index (κ2) is 5.78. The molecule has 0 saturated carbocycles. The van der Waals surface area contributed by atoms with Gasteiger partial charge in [-0.15, -0.1) is 0 Å². The van der Waals surface area contributed by atoms with Crippen molar-refractivity contribution in [1.29, 1.82) is 0 Å². The fourth-order valence-electron chi connectivity index (χ4n) is 1.31. The Morgan fingerprint density at radius 1 is 1.29 bits per heavy atom. The van der Waals surface area contributed by atoms with E-state index in [1.54, 1.807) is 0 Å². The van der Waals surface area contributed by atoms with Gasteiger partial charge in [-0.3, -0.25) is 0 Å². The summed E-state index contributed by atoms with van der Waals surface area (Å²) in [6, 6.07) is 8.52. The second-order valence-corrected chi connectivity index (χ2v) is 3.62. The van der Waals surface area contributed by atoms with Crippen LogP contribution in [0.5, 0.6) is 0 Å². The van der Waals surface area contributed by atoms with Crippen LogP contribution in [0.2, 0.25) is 0 Å². The lowest BCUT2D eigenvalue weighted by Crippen LogP contribution is -2.24. The summed E-state index contributed by atoms with van der Waals surface area (Å²) in [5, 5.41) is 12.5. The van der Waals surface area contributed by atoms with Gasteiger partial charge in [0.15, 0.2) is 0 Å². The van der Waals surface area contributed by atoms with Crippen LogP contribution in [0, 0.1) is 0 Å². The molecule has 1 atom stereocenters. The van der Waals surface area contributed by atoms with Crippen LogP contribution in [-0.2, 0) is 13.2 Å². The molecule has 0 bridgehead atoms. The Kier molecular flexibility index (Phi) is 4.63. The maximum absolute atomic E-state index is 9.11. The predicted octanol–water partition coefficient (Wildman–Crippen LogP) is 2.07. The summed E-state index contributed by atoms with van der Waals surface area (Å²) in [6.45, 7) is 5.29. The number of benzene rings is 1. The normalized spacial score (nSPS) is 12.8. The summed E-state index contributed by atoms with van der Waals surface area (Å²) >= 11 is 0. The molecule has 0 radical (unpaired) electrons. The zero-order valence-electron chi connectivity index (χ0n) is 8.96. The van der Waals surface area contributed by atoms with Crippen LogP contribution < -0.4 is 5.32 Å². The lowest BCUT2D eigenvalue weighted by Gasteiger charge is -2.13. The molecule has 0 spiro atoms. The van der Waals surface area contributed by atoms with E-state index < -0.39 is 0 Å². The van der Waals surface area contributed by atoms with E-state index in [1.165, 1.54) is 5.56 Å². The van der Waals surface area contributed by atoms with Gasteiger partial charge in [-0.2, -0.15) is 0 Å². The Labute approximate surface area is 86.0 Å². The van der Waals surface area contributed by atoms with Crippen molar-refractivity contribution in [3.63, 3.8) is 0 Å². The van der Waals surface area contributed by atoms with Crippen molar-refractivity contribution in [3.8, 4) is 0 Å². The Hall–Kier alpha value is -0.860. The number of hydrogen-bond acceptors (Lipinski definition) is 2. The minimum Gasteiger partial charge on any atom is -0.392 e. The molecular formula is C12H19NO. The summed E-state index contributed by atoms with van der Waals surface area (Å²) in [7, 11) is 0. The third-order valence-electron chi connectivity index (χ3n) is 2.54. The predicted molar refractivity (Wildman–Crippen MR) is 59.0 cm³/mol. The molecule has 1 aromatic carbocycles. The van der Waals surface area contributed by atoms with Gasteiger partial charge in [0.1, 0.15) is 0 Å². The van der Waals surface area contributed by atoms with Crippen LogP contribution in [0.3, 0.4) is 0 Å². The van der Waals surface area contributed by atoms with E-state index >= 15 is 0 Å². The summed E-state index contributed by atoms with van der Waals surface area (Å²) in [5.41, 5.74) is 2.21. The Balaban J connectivity index is 2.57. The molecule has 0 aromatic heterocycles. The molecule has 0 aliphatic carbocycles. The lowest BCUT2D eigenvalue weighted by molar-refractivity contribution is 0.280. The molecule has 0 amide bonds. The van der Waals surface area contributed by atoms with Gasteiger partial charge in [-0.25, -0.2) is 0 Å². The van der Waals surface area contributed by atoms with E-state index in [4.69, 9.17) is 5.11 Å². The molecule has 1 rings (SSSR count). The van der Waals surface area contributed by atoms with Gasteiger partial charge in [0, 0.05) is 12.6 Å². The van der Waals surface area contributed by atoms with Gasteiger partial charge in [0.2, 0.25) is 0 Å². The van der Waals surface area contributed by atoms with Crippen LogP contribution in [0.1, 0.15) is 31.4 Å². The summed E-state index contributed by atoms with van der Waals surface area (Å²) < 4.78 is 0. The van der Waals surface area contributed by atoms with Crippen LogP contribution >= 0.6 is 0 Å². The standard InChI is InChI=1S/C12H19NO/c1-3-10(2)13-8-11-6-4-5-7-12(11)9-14/h4-7,10,13-14H,3,8-9H2,1-2H3. The van der Waals surface area contributed by atoms with Crippen LogP contribution in [0.25, 0.3) is 0 Å². The number of aliphatic hydroxyl groups is 1. The Bertz CT molecular complexity index is 273. The fourth-order valence-corrected chi connectivity index (χ4v) is 1.31. The Morgan fingerprint density at radius 2 is 1.93 bits per heavy atom. The van der Waals surface area contributed by atoms with Crippen LogP contribution in [0.15, 0.2) is 24.3 Å². The van der Waals surface area contributed by atoms with E-state index in [1.807, 2.05) is 18.2 Å². The van der Waals surface area contributed by atoms with Gasteiger partial charge >= 0.3 is 0 Å². The van der Waals surface area contributed by atoms with Crippen LogP contribution in [-0.4, -0.2) is 11.1 Å². The Morgan fingerprint density at radius 3 is 2.50 bits per heavy atom. The summed E-state index contributed by atoms with van der Waals surface area (Å²) in [4.78, 5) is 0. The third kappa shape index (κ3) is 3.13. The molecule has 0 aliphatic heterocycles. The quantitative estimate of drug-likeness (QED) is 0.750. The first-order chi connectivity index (χ1) is 6.77. The maximum Gasteiger partial charge on any atom is 0.0685 e. The number of nitrogens with one attached hydrogen (secondary N) is 1. The van der Waals surface area contributed by atoms with Gasteiger partial charge in [0.25, 0.3) is 0 Å². The number of rotatable bonds is 5. The fraction of sp³-hybridized carbons (Fsp3) is 0.500. The topological polar surface area (TPSA) is 32.3 Å². The van der Waals surface area contributed by atoms with Crippen molar-refractivity contribution in [1.82, 2.24) is 5.32 Å². The van der Waals surface area contributed by atoms with Crippen molar-refractivity contribution in [2.24, 2.45) is 0 Å². The second-order valence-electron chi connectivity index (χ2n) is 3.62. The molecule has 0 fully saturated rings. The van der Waals surface area contributed by atoms with Gasteiger partial charge in [-0.05, 0) is 24.5 Å². The molecule has 1 aromatic rings. The van der Waals surface area contributed by atoms with Crippen molar-refractivity contribution in [3.05, 3.63) is 35.4 Å². The smallest absolute Gasteiger partial charge is 0.0685 e. The first kappa shape index (κ1) is 11.2. The van der Waals surface area contributed by atoms with E-state index in [0.717, 1.165) is 18.5 Å². The molecule has 0 aliphatic rings. The van der Waals surface area contributed by atoms with E-state index in [2.05, 4.69) is 25.2 Å². The highest BCUT2D eigenvalue weighted by atomic mass is 16.3. The minimum absolute atomic E-state index is 0.123. The molecule has 0 saturated heterocycles. The average molecular weight is 193 g/mol. The number of aliphatic hydroxyl groups excluding tert-OH is 1. The third-order valence-corrected chi connectivity index (χ3v) is 2.54. The highest BCUT2D eigenvalue weighted by Crippen LogP contribution is 2.08. The minimum atomic E-state index is 0.123. The molecule has 1 unspecified atom stereocenters. The SMILES string of the molecule is CCC(C)NCc1ccccc1CO. The zero-order valence-corrected chi connectivity index (χ0v) is 8.96. The van der Waals surface area contributed by atoms with Crippen molar-refractivity contribution in [2.75, 3.05) is 0 Å². The van der Waals surface area contributed by atoms with Crippen molar-refractivity contribution in [2.45, 2.75) is 39.5 Å². The van der Waals surface area contributed by atoms with E-state index in [9.17, 15) is 0 Å². The largest absolute Gasteiger partial charge is 0.392 e. The summed E-state index contributed by atoms with van der Waals surface area (Å²) in [6.07, 6.45) is 1.13. The van der Waals surface area contributed by atoms with Gasteiger partial charge in [-0.1, -0.05) is 31.2 Å². The highest BCUT2D eigenvalue weighted by Gasteiger charge is 2.01. The van der Waals surface area contributed by atoms with E-state index in [-0.39, 0.29) is 6.61 Å². The molecule has 0 heterocycles. The van der Waals surface area contributed by atoms with E-state index in [0.29, 0.717) is 6.04 Å². The van der Waals surface area contributed by atoms with Gasteiger partial charge < -0.3 is 10.4 Å². The van der Waals surface area contributed by atoms with Crippen molar-refractivity contribution < 1.29 is 5.11 Å². The monoisotopic (exact) mass is 193 g/mol. The van der Waals surface area contributed by atoms with Crippen molar-refractivity contribution >= 4 is 0 Å². The molecule has 2 nitrogen and oxygen atoms in total. The molecule has 2 N–H and O–H groups in total. The molecule has 14 heavy (non-hydrogen) atoms. The first-order valence-electron chi connectivity index (χ1n) is 5.19. The number of hydrogen-bond donors (Lipinski definition) is 2. The average Bonchev–Trinajstić information content (AvgIpc) is 2.26. The lowest BCUT2D eigenvalue weighted by atomic mass is 10.1. The zero-order chi connectivity index (χ0) is 10.4. The highest BCUT2D eigenvalue weighted by molar-refractivity contribution is 5.26. The molecule has 2 heteroatoms. The van der Waals surface area contributed by atoms with Crippen LogP contribution in [0.4, 0.5) is 0 Å². The maximum atomic E-state index is 9.11. The molecular weight excluding hydrogens is 174 g/mol. The summed E-state index contributed by atoms with van der Waals surface area (Å²) in [5.74, 6) is 0. The molecule has 78 valence electrons.